The normalized spacial score (nSPS) is 13.8. The fourth-order valence-electron chi connectivity index (χ4n) is 2.85. The van der Waals surface area contributed by atoms with Gasteiger partial charge in [0.15, 0.2) is 0 Å². The molecule has 13 heteroatoms. The number of rotatable bonds is 22. The van der Waals surface area contributed by atoms with E-state index in [0.29, 0.717) is 65.2 Å². The Morgan fingerprint density at radius 1 is 0.857 bits per heavy atom. The fourth-order valence-corrected chi connectivity index (χ4v) is 2.85. The number of nitrogens with zero attached hydrogens (tertiary/aromatic N) is 1. The van der Waals surface area contributed by atoms with E-state index in [1.54, 1.807) is 0 Å². The molecule has 198 valence electrons. The summed E-state index contributed by atoms with van der Waals surface area (Å²) in [6, 6.07) is -0.627. The van der Waals surface area contributed by atoms with Gasteiger partial charge in [-0.1, -0.05) is 0 Å². The molecule has 0 aromatic heterocycles. The first-order valence-corrected chi connectivity index (χ1v) is 11.4. The van der Waals surface area contributed by atoms with Crippen molar-refractivity contribution in [1.29, 1.82) is 0 Å². The van der Waals surface area contributed by atoms with Crippen LogP contribution in [0.25, 0.3) is 0 Å². The Morgan fingerprint density at radius 2 is 1.37 bits per heavy atom. The lowest BCUT2D eigenvalue weighted by atomic mass is 10.1. The number of nitrogens with one attached hydrogen (secondary N) is 1. The number of hydrogen-bond donors (Lipinski definition) is 2. The Kier molecular flexibility index (Phi) is 16.8. The van der Waals surface area contributed by atoms with E-state index >= 15 is 0 Å². The molecule has 0 saturated heterocycles. The minimum Gasteiger partial charge on any atom is -0.450 e. The summed E-state index contributed by atoms with van der Waals surface area (Å²) in [7, 11) is 0. The van der Waals surface area contributed by atoms with Crippen LogP contribution in [0, 0.1) is 0 Å². The highest BCUT2D eigenvalue weighted by Crippen LogP contribution is 2.07. The molecule has 0 bridgehead atoms. The van der Waals surface area contributed by atoms with Crippen LogP contribution in [0.4, 0.5) is 4.79 Å². The van der Waals surface area contributed by atoms with Crippen molar-refractivity contribution in [2.75, 3.05) is 66.0 Å². The van der Waals surface area contributed by atoms with Gasteiger partial charge in [-0.15, -0.1) is 0 Å². The molecule has 0 spiro atoms. The van der Waals surface area contributed by atoms with Gasteiger partial charge in [0.2, 0.25) is 5.91 Å². The topological polar surface area (TPSA) is 167 Å². The number of carbonyl (C=O) groups is 5. The molecule has 13 nitrogen and oxygen atoms in total. The van der Waals surface area contributed by atoms with Crippen LogP contribution in [0.15, 0.2) is 12.2 Å². The van der Waals surface area contributed by atoms with E-state index in [9.17, 15) is 24.0 Å². The predicted octanol–water partition coefficient (Wildman–Crippen LogP) is -0.0835. The largest absolute Gasteiger partial charge is 0.505 e. The second kappa shape index (κ2) is 19.4. The molecule has 0 saturated carbocycles. The Hall–Kier alpha value is -2.87. The molecule has 35 heavy (non-hydrogen) atoms. The number of imide groups is 1. The van der Waals surface area contributed by atoms with Crippen LogP contribution in [-0.2, 0) is 42.9 Å². The lowest BCUT2D eigenvalue weighted by Crippen LogP contribution is -2.36. The van der Waals surface area contributed by atoms with E-state index in [-0.39, 0.29) is 50.5 Å². The van der Waals surface area contributed by atoms with Crippen molar-refractivity contribution >= 4 is 30.2 Å². The highest BCUT2D eigenvalue weighted by Gasteiger charge is 2.22. The van der Waals surface area contributed by atoms with E-state index in [1.165, 1.54) is 12.2 Å². The van der Waals surface area contributed by atoms with Gasteiger partial charge < -0.3 is 38.9 Å². The van der Waals surface area contributed by atoms with Crippen LogP contribution in [0.2, 0.25) is 0 Å². The average molecular weight is 503 g/mol. The van der Waals surface area contributed by atoms with Gasteiger partial charge in [-0.2, -0.15) is 0 Å². The van der Waals surface area contributed by atoms with Gasteiger partial charge in [0.25, 0.3) is 11.8 Å². The maximum absolute atomic E-state index is 11.9. The average Bonchev–Trinajstić information content (AvgIpc) is 3.15. The highest BCUT2D eigenvalue weighted by atomic mass is 16.7. The molecule has 0 unspecified atom stereocenters. The summed E-state index contributed by atoms with van der Waals surface area (Å²) in [5, 5.41) is 10.9. The van der Waals surface area contributed by atoms with Crippen molar-refractivity contribution in [2.45, 2.75) is 31.7 Å². The van der Waals surface area contributed by atoms with E-state index < -0.39 is 12.2 Å². The summed E-state index contributed by atoms with van der Waals surface area (Å²) in [5.41, 5.74) is 0. The van der Waals surface area contributed by atoms with Crippen LogP contribution in [0.1, 0.15) is 25.7 Å². The molecule has 1 rings (SSSR count). The van der Waals surface area contributed by atoms with E-state index in [2.05, 4.69) is 10.1 Å². The zero-order valence-electron chi connectivity index (χ0n) is 19.7. The molecule has 0 radical (unpaired) electrons. The maximum Gasteiger partial charge on any atom is 0.505 e. The summed E-state index contributed by atoms with van der Waals surface area (Å²) in [4.78, 5) is 57.3. The number of ether oxygens (including phenoxy) is 5. The third-order valence-electron chi connectivity index (χ3n) is 4.60. The lowest BCUT2D eigenvalue weighted by molar-refractivity contribution is -0.136. The highest BCUT2D eigenvalue weighted by molar-refractivity contribution is 6.12. The van der Waals surface area contributed by atoms with Gasteiger partial charge >= 0.3 is 6.16 Å². The molecular formula is C22H34N2O11. The molecule has 1 atom stereocenters. The molecule has 1 heterocycles. The third kappa shape index (κ3) is 15.6. The van der Waals surface area contributed by atoms with Gasteiger partial charge in [-0.3, -0.25) is 19.3 Å². The Bertz CT molecular complexity index is 681. The Morgan fingerprint density at radius 3 is 1.89 bits per heavy atom. The molecule has 0 aromatic carbocycles. The number of carbonyl (C=O) groups excluding carboxylic acids is 4. The van der Waals surface area contributed by atoms with Gasteiger partial charge in [0, 0.05) is 25.1 Å². The summed E-state index contributed by atoms with van der Waals surface area (Å²) < 4.78 is 25.3. The Balaban J connectivity index is 1.89. The van der Waals surface area contributed by atoms with Crippen molar-refractivity contribution in [1.82, 2.24) is 10.2 Å². The molecular weight excluding hydrogens is 468 g/mol. The summed E-state index contributed by atoms with van der Waals surface area (Å²) >= 11 is 0. The van der Waals surface area contributed by atoms with Gasteiger partial charge in [0.05, 0.1) is 58.9 Å². The first-order valence-electron chi connectivity index (χ1n) is 11.4. The molecule has 1 aliphatic heterocycles. The summed E-state index contributed by atoms with van der Waals surface area (Å²) in [5.74, 6) is -0.973. The van der Waals surface area contributed by atoms with Gasteiger partial charge in [0.1, 0.15) is 12.9 Å². The molecule has 0 aromatic rings. The van der Waals surface area contributed by atoms with Gasteiger partial charge in [-0.05, 0) is 19.3 Å². The van der Waals surface area contributed by atoms with Crippen LogP contribution in [0.5, 0.6) is 0 Å². The van der Waals surface area contributed by atoms with E-state index in [4.69, 9.17) is 24.1 Å². The lowest BCUT2D eigenvalue weighted by Gasteiger charge is -2.15. The predicted molar refractivity (Wildman–Crippen MR) is 120 cm³/mol. The minimum atomic E-state index is -1.34. The van der Waals surface area contributed by atoms with Gasteiger partial charge in [-0.25, -0.2) is 4.79 Å². The SMILES string of the molecule is O=C[C@H](CCCCN1C(=O)C=CC1=O)NC(=O)CCOCCOCCOCCOCCOC(=O)O. The number of hydrogen-bond acceptors (Lipinski definition) is 10. The number of carboxylic acid groups (broad SMARTS) is 1. The fraction of sp³-hybridized carbons (Fsp3) is 0.682. The summed E-state index contributed by atoms with van der Waals surface area (Å²) in [6.07, 6.45) is 3.43. The quantitative estimate of drug-likeness (QED) is 0.0879. The second-order valence-corrected chi connectivity index (χ2v) is 7.28. The van der Waals surface area contributed by atoms with Crippen molar-refractivity contribution < 1.29 is 52.8 Å². The first kappa shape index (κ1) is 30.2. The van der Waals surface area contributed by atoms with Crippen LogP contribution in [0.3, 0.4) is 0 Å². The van der Waals surface area contributed by atoms with Crippen molar-refractivity contribution in [3.05, 3.63) is 12.2 Å². The first-order chi connectivity index (χ1) is 16.9. The molecule has 0 fully saturated rings. The molecule has 2 N–H and O–H groups in total. The monoisotopic (exact) mass is 502 g/mol. The van der Waals surface area contributed by atoms with Crippen LogP contribution < -0.4 is 5.32 Å². The number of aldehydes is 1. The Labute approximate surface area is 203 Å². The van der Waals surface area contributed by atoms with Crippen molar-refractivity contribution in [3.8, 4) is 0 Å². The van der Waals surface area contributed by atoms with E-state index in [0.717, 1.165) is 4.90 Å². The molecule has 3 amide bonds. The van der Waals surface area contributed by atoms with Crippen molar-refractivity contribution in [2.24, 2.45) is 0 Å². The van der Waals surface area contributed by atoms with E-state index in [1.807, 2.05) is 0 Å². The van der Waals surface area contributed by atoms with Crippen LogP contribution in [-0.4, -0.2) is 112 Å². The third-order valence-corrected chi connectivity index (χ3v) is 4.60. The minimum absolute atomic E-state index is 0.0247. The molecule has 0 aliphatic carbocycles. The number of unbranched alkanes of at least 4 members (excludes halogenated alkanes) is 1. The second-order valence-electron chi connectivity index (χ2n) is 7.28. The van der Waals surface area contributed by atoms with Crippen molar-refractivity contribution in [3.63, 3.8) is 0 Å². The summed E-state index contributed by atoms with van der Waals surface area (Å²) in [6.45, 7) is 2.65. The maximum atomic E-state index is 11.9. The molecule has 1 aliphatic rings. The zero-order valence-corrected chi connectivity index (χ0v) is 19.7. The van der Waals surface area contributed by atoms with Crippen LogP contribution >= 0.6 is 0 Å². The standard InChI is InChI=1S/C22H34N2O11/c25-17-18(3-1-2-7-24-20(27)4-5-21(24)28)23-19(26)6-8-31-9-10-32-11-12-33-13-14-34-15-16-35-22(29)30/h4-5,17-18H,1-3,6-16H2,(H,23,26)(H,29,30)/t18-/m0/s1. The smallest absolute Gasteiger partial charge is 0.450 e. The number of amides is 3. The zero-order chi connectivity index (χ0) is 25.7.